The minimum atomic E-state index is -0.731. The van der Waals surface area contributed by atoms with E-state index in [1.54, 1.807) is 11.3 Å². The van der Waals surface area contributed by atoms with Gasteiger partial charge in [0.1, 0.15) is 0 Å². The molecule has 1 rings (SSSR count). The molecular formula is C11H18N2O2S. The van der Waals surface area contributed by atoms with Crippen molar-refractivity contribution in [3.63, 3.8) is 0 Å². The lowest BCUT2D eigenvalue weighted by Gasteiger charge is -2.22. The first-order chi connectivity index (χ1) is 7.50. The molecule has 1 heterocycles. The van der Waals surface area contributed by atoms with Crippen molar-refractivity contribution in [2.75, 3.05) is 13.6 Å². The highest BCUT2D eigenvalue weighted by atomic mass is 32.1. The summed E-state index contributed by atoms with van der Waals surface area (Å²) < 4.78 is 0. The number of aliphatic carboxylic acids is 1. The average Bonchev–Trinajstić information content (AvgIpc) is 2.63. The molecule has 90 valence electrons. The lowest BCUT2D eigenvalue weighted by molar-refractivity contribution is -0.137. The summed E-state index contributed by atoms with van der Waals surface area (Å²) in [7, 11) is 2.00. The summed E-state index contributed by atoms with van der Waals surface area (Å²) in [6.07, 6.45) is 0.909. The number of nitrogens with zero attached hydrogens (tertiary/aromatic N) is 2. The van der Waals surface area contributed by atoms with Crippen LogP contribution >= 0.6 is 11.3 Å². The molecule has 1 unspecified atom stereocenters. The summed E-state index contributed by atoms with van der Waals surface area (Å²) in [6.45, 7) is 4.87. The molecule has 0 amide bonds. The van der Waals surface area contributed by atoms with Crippen LogP contribution in [-0.2, 0) is 4.79 Å². The fourth-order valence-electron chi connectivity index (χ4n) is 1.47. The van der Waals surface area contributed by atoms with Gasteiger partial charge < -0.3 is 5.11 Å². The molecule has 0 radical (unpaired) electrons. The van der Waals surface area contributed by atoms with Gasteiger partial charge in [0.15, 0.2) is 0 Å². The van der Waals surface area contributed by atoms with Crippen molar-refractivity contribution >= 4 is 17.3 Å². The van der Waals surface area contributed by atoms with E-state index in [9.17, 15) is 4.79 Å². The van der Waals surface area contributed by atoms with Gasteiger partial charge in [0.2, 0.25) is 0 Å². The fourth-order valence-corrected chi connectivity index (χ4v) is 2.17. The standard InChI is InChI=1S/C11H18N2O2S/c1-8(10-7-16-9(2)12-10)13(3)6-4-5-11(14)15/h7-8H,4-6H2,1-3H3,(H,14,15). The van der Waals surface area contributed by atoms with Crippen LogP contribution in [-0.4, -0.2) is 34.6 Å². The van der Waals surface area contributed by atoms with Crippen LogP contribution in [0.3, 0.4) is 0 Å². The van der Waals surface area contributed by atoms with Crippen molar-refractivity contribution < 1.29 is 9.90 Å². The molecule has 0 aliphatic heterocycles. The number of hydrogen-bond acceptors (Lipinski definition) is 4. The molecule has 1 atom stereocenters. The lowest BCUT2D eigenvalue weighted by Crippen LogP contribution is -2.24. The molecule has 0 saturated heterocycles. The molecule has 5 heteroatoms. The van der Waals surface area contributed by atoms with Gasteiger partial charge in [-0.05, 0) is 33.9 Å². The fraction of sp³-hybridized carbons (Fsp3) is 0.636. The van der Waals surface area contributed by atoms with E-state index in [1.807, 2.05) is 14.0 Å². The highest BCUT2D eigenvalue weighted by molar-refractivity contribution is 7.09. The third-order valence-electron chi connectivity index (χ3n) is 2.63. The van der Waals surface area contributed by atoms with E-state index in [4.69, 9.17) is 5.11 Å². The number of thiazole rings is 1. The minimum Gasteiger partial charge on any atom is -0.481 e. The lowest BCUT2D eigenvalue weighted by atomic mass is 10.2. The average molecular weight is 242 g/mol. The zero-order chi connectivity index (χ0) is 12.1. The van der Waals surface area contributed by atoms with Crippen molar-refractivity contribution in [1.82, 2.24) is 9.88 Å². The summed E-state index contributed by atoms with van der Waals surface area (Å²) >= 11 is 1.65. The summed E-state index contributed by atoms with van der Waals surface area (Å²) in [6, 6.07) is 0.249. The van der Waals surface area contributed by atoms with Gasteiger partial charge in [-0.2, -0.15) is 0 Å². The largest absolute Gasteiger partial charge is 0.481 e. The first-order valence-corrected chi connectivity index (χ1v) is 6.22. The van der Waals surface area contributed by atoms with E-state index in [0.29, 0.717) is 6.42 Å². The molecule has 1 N–H and O–H groups in total. The number of hydrogen-bond donors (Lipinski definition) is 1. The quantitative estimate of drug-likeness (QED) is 0.831. The molecular weight excluding hydrogens is 224 g/mol. The van der Waals surface area contributed by atoms with Gasteiger partial charge in [-0.15, -0.1) is 11.3 Å². The van der Waals surface area contributed by atoms with E-state index in [-0.39, 0.29) is 12.5 Å². The summed E-state index contributed by atoms with van der Waals surface area (Å²) in [5.41, 5.74) is 1.07. The van der Waals surface area contributed by atoms with Gasteiger partial charge >= 0.3 is 5.97 Å². The van der Waals surface area contributed by atoms with Gasteiger partial charge in [0, 0.05) is 17.8 Å². The zero-order valence-electron chi connectivity index (χ0n) is 9.93. The van der Waals surface area contributed by atoms with Gasteiger partial charge in [-0.3, -0.25) is 9.69 Å². The Morgan fingerprint density at radius 1 is 1.69 bits per heavy atom. The molecule has 0 aromatic carbocycles. The Hall–Kier alpha value is -0.940. The van der Waals surface area contributed by atoms with Crippen LogP contribution in [0.4, 0.5) is 0 Å². The monoisotopic (exact) mass is 242 g/mol. The molecule has 1 aromatic heterocycles. The highest BCUT2D eigenvalue weighted by Crippen LogP contribution is 2.20. The molecule has 0 aliphatic rings. The molecule has 0 fully saturated rings. The molecule has 16 heavy (non-hydrogen) atoms. The number of carboxylic acids is 1. The van der Waals surface area contributed by atoms with Crippen molar-refractivity contribution in [3.8, 4) is 0 Å². The summed E-state index contributed by atoms with van der Waals surface area (Å²) in [5, 5.41) is 11.7. The van der Waals surface area contributed by atoms with E-state index in [2.05, 4.69) is 22.2 Å². The molecule has 0 bridgehead atoms. The number of carboxylic acid groups (broad SMARTS) is 1. The number of rotatable bonds is 6. The Bertz CT molecular complexity index is 352. The Kier molecular flexibility index (Phi) is 4.89. The topological polar surface area (TPSA) is 53.4 Å². The summed E-state index contributed by atoms with van der Waals surface area (Å²) in [5.74, 6) is -0.731. The van der Waals surface area contributed by atoms with Gasteiger partial charge in [-0.25, -0.2) is 4.98 Å². The maximum atomic E-state index is 10.4. The second-order valence-corrected chi connectivity index (χ2v) is 5.01. The van der Waals surface area contributed by atoms with E-state index in [1.165, 1.54) is 0 Å². The van der Waals surface area contributed by atoms with Crippen LogP contribution in [0.2, 0.25) is 0 Å². The molecule has 0 spiro atoms. The smallest absolute Gasteiger partial charge is 0.303 e. The van der Waals surface area contributed by atoms with Crippen LogP contribution in [0.25, 0.3) is 0 Å². The molecule has 1 aromatic rings. The second kappa shape index (κ2) is 5.96. The van der Waals surface area contributed by atoms with Crippen LogP contribution in [0.1, 0.15) is 36.5 Å². The Morgan fingerprint density at radius 2 is 2.38 bits per heavy atom. The predicted octanol–water partition coefficient (Wildman–Crippen LogP) is 2.31. The van der Waals surface area contributed by atoms with Crippen LogP contribution in [0.5, 0.6) is 0 Å². The van der Waals surface area contributed by atoms with Gasteiger partial charge in [0.05, 0.1) is 10.7 Å². The van der Waals surface area contributed by atoms with Gasteiger partial charge in [-0.1, -0.05) is 0 Å². The summed E-state index contributed by atoms with van der Waals surface area (Å²) in [4.78, 5) is 17.0. The van der Waals surface area contributed by atoms with Crippen LogP contribution < -0.4 is 0 Å². The zero-order valence-corrected chi connectivity index (χ0v) is 10.8. The highest BCUT2D eigenvalue weighted by Gasteiger charge is 2.14. The van der Waals surface area contributed by atoms with Crippen LogP contribution in [0, 0.1) is 6.92 Å². The first kappa shape index (κ1) is 13.1. The Morgan fingerprint density at radius 3 is 2.88 bits per heavy atom. The van der Waals surface area contributed by atoms with E-state index in [0.717, 1.165) is 17.2 Å². The maximum absolute atomic E-state index is 10.4. The number of aryl methyl sites for hydroxylation is 1. The number of carbonyl (C=O) groups is 1. The Balaban J connectivity index is 2.41. The minimum absolute atomic E-state index is 0.229. The van der Waals surface area contributed by atoms with Gasteiger partial charge in [0.25, 0.3) is 0 Å². The maximum Gasteiger partial charge on any atom is 0.303 e. The molecule has 4 nitrogen and oxygen atoms in total. The van der Waals surface area contributed by atoms with Crippen molar-refractivity contribution in [2.45, 2.75) is 32.7 Å². The van der Waals surface area contributed by atoms with Crippen LogP contribution in [0.15, 0.2) is 5.38 Å². The third-order valence-corrected chi connectivity index (χ3v) is 3.42. The molecule has 0 aliphatic carbocycles. The third kappa shape index (κ3) is 3.90. The second-order valence-electron chi connectivity index (χ2n) is 3.95. The SMILES string of the molecule is Cc1nc(C(C)N(C)CCCC(=O)O)cs1. The predicted molar refractivity (Wildman–Crippen MR) is 64.8 cm³/mol. The first-order valence-electron chi connectivity index (χ1n) is 5.34. The normalized spacial score (nSPS) is 13.0. The number of aromatic nitrogens is 1. The van der Waals surface area contributed by atoms with E-state index < -0.39 is 5.97 Å². The van der Waals surface area contributed by atoms with Crippen molar-refractivity contribution in [2.24, 2.45) is 0 Å². The van der Waals surface area contributed by atoms with Crippen molar-refractivity contribution in [1.29, 1.82) is 0 Å². The van der Waals surface area contributed by atoms with E-state index >= 15 is 0 Å². The Labute approximate surface area is 99.9 Å². The molecule has 0 saturated carbocycles. The van der Waals surface area contributed by atoms with Crippen molar-refractivity contribution in [3.05, 3.63) is 16.1 Å².